The fraction of sp³-hybridized carbons (Fsp3) is 0.231. The molecule has 94 valence electrons. The molecule has 0 atom stereocenters. The number of nitrogens with zero attached hydrogens (tertiary/aromatic N) is 1. The molecule has 2 N–H and O–H groups in total. The van der Waals surface area contributed by atoms with Gasteiger partial charge < -0.3 is 14.9 Å². The molecule has 2 rings (SSSR count). The molecule has 5 heteroatoms. The van der Waals surface area contributed by atoms with Gasteiger partial charge in [-0.3, -0.25) is 4.79 Å². The summed E-state index contributed by atoms with van der Waals surface area (Å²) in [6.45, 7) is 3.95. The second kappa shape index (κ2) is 4.91. The Bertz CT molecular complexity index is 558. The first-order chi connectivity index (χ1) is 8.61. The molecule has 0 aliphatic rings. The number of anilines is 1. The Morgan fingerprint density at radius 1 is 1.39 bits per heavy atom. The van der Waals surface area contributed by atoms with E-state index in [4.69, 9.17) is 14.9 Å². The summed E-state index contributed by atoms with van der Waals surface area (Å²) in [7, 11) is 0. The second-order valence-corrected chi connectivity index (χ2v) is 3.74. The number of ketones is 1. The number of nitrogens with two attached hydrogens (primary N) is 1. The highest BCUT2D eigenvalue weighted by Crippen LogP contribution is 2.27. The van der Waals surface area contributed by atoms with Crippen molar-refractivity contribution < 1.29 is 13.9 Å². The number of oxazole rings is 1. The minimum atomic E-state index is -0.181. The molecule has 0 spiro atoms. The molecule has 0 aliphatic carbocycles. The zero-order valence-corrected chi connectivity index (χ0v) is 10.3. The van der Waals surface area contributed by atoms with Gasteiger partial charge in [0.1, 0.15) is 5.75 Å². The zero-order valence-electron chi connectivity index (χ0n) is 10.3. The highest BCUT2D eigenvalue weighted by Gasteiger charge is 2.17. The number of carbonyl (C=O) groups excluding carboxylic acids is 1. The van der Waals surface area contributed by atoms with Gasteiger partial charge in [-0.15, -0.1) is 0 Å². The van der Waals surface area contributed by atoms with E-state index in [-0.39, 0.29) is 17.5 Å². The third-order valence-corrected chi connectivity index (χ3v) is 2.40. The zero-order chi connectivity index (χ0) is 13.1. The van der Waals surface area contributed by atoms with Crippen LogP contribution in [-0.2, 0) is 0 Å². The number of Topliss-reactive ketones (excluding diaryl/α,β-unsaturated/α-hetero) is 1. The summed E-state index contributed by atoms with van der Waals surface area (Å²) in [6.07, 6.45) is 0. The third-order valence-electron chi connectivity index (χ3n) is 2.40. The van der Waals surface area contributed by atoms with E-state index in [0.717, 1.165) is 11.3 Å². The van der Waals surface area contributed by atoms with E-state index >= 15 is 0 Å². The van der Waals surface area contributed by atoms with Crippen molar-refractivity contribution in [3.05, 3.63) is 30.0 Å². The van der Waals surface area contributed by atoms with Gasteiger partial charge in [-0.05, 0) is 31.2 Å². The number of carbonyl (C=O) groups is 1. The van der Waals surface area contributed by atoms with Crippen molar-refractivity contribution in [3.8, 4) is 17.1 Å². The van der Waals surface area contributed by atoms with Crippen LogP contribution in [0.1, 0.15) is 24.3 Å². The molecule has 0 unspecified atom stereocenters. The maximum Gasteiger partial charge on any atom is 0.293 e. The molecule has 1 aromatic carbocycles. The number of hydrogen-bond acceptors (Lipinski definition) is 5. The van der Waals surface area contributed by atoms with Gasteiger partial charge >= 0.3 is 0 Å². The molecule has 2 aromatic rings. The van der Waals surface area contributed by atoms with Gasteiger partial charge in [-0.2, -0.15) is 4.98 Å². The van der Waals surface area contributed by atoms with Gasteiger partial charge in [0, 0.05) is 12.5 Å². The minimum absolute atomic E-state index is 0.0101. The van der Waals surface area contributed by atoms with Crippen LogP contribution >= 0.6 is 0 Å². The number of hydrogen-bond donors (Lipinski definition) is 1. The Morgan fingerprint density at radius 2 is 2.06 bits per heavy atom. The fourth-order valence-electron chi connectivity index (χ4n) is 1.64. The summed E-state index contributed by atoms with van der Waals surface area (Å²) < 4.78 is 10.6. The normalized spacial score (nSPS) is 10.3. The van der Waals surface area contributed by atoms with Crippen molar-refractivity contribution in [3.63, 3.8) is 0 Å². The Balaban J connectivity index is 2.39. The van der Waals surface area contributed by atoms with Crippen LogP contribution in [0.15, 0.2) is 28.7 Å². The smallest absolute Gasteiger partial charge is 0.293 e. The largest absolute Gasteiger partial charge is 0.494 e. The van der Waals surface area contributed by atoms with Crippen LogP contribution in [0.3, 0.4) is 0 Å². The molecule has 0 amide bonds. The predicted molar refractivity (Wildman–Crippen MR) is 67.5 cm³/mol. The number of nitrogen functional groups attached to an aromatic ring is 1. The van der Waals surface area contributed by atoms with Gasteiger partial charge in [0.2, 0.25) is 0 Å². The Hall–Kier alpha value is -2.30. The van der Waals surface area contributed by atoms with Gasteiger partial charge in [0.25, 0.3) is 6.01 Å². The summed E-state index contributed by atoms with van der Waals surface area (Å²) in [4.78, 5) is 15.3. The lowest BCUT2D eigenvalue weighted by Gasteiger charge is -2.03. The molecule has 0 saturated carbocycles. The van der Waals surface area contributed by atoms with E-state index in [2.05, 4.69) is 4.98 Å². The van der Waals surface area contributed by atoms with E-state index in [1.54, 1.807) is 12.1 Å². The monoisotopic (exact) mass is 246 g/mol. The van der Waals surface area contributed by atoms with Crippen molar-refractivity contribution in [1.82, 2.24) is 4.98 Å². The van der Waals surface area contributed by atoms with Crippen molar-refractivity contribution >= 4 is 11.8 Å². The number of aromatic nitrogens is 1. The molecule has 0 aliphatic heterocycles. The van der Waals surface area contributed by atoms with Crippen LogP contribution in [0.2, 0.25) is 0 Å². The lowest BCUT2D eigenvalue weighted by Crippen LogP contribution is -1.96. The summed E-state index contributed by atoms with van der Waals surface area (Å²) in [5.74, 6) is 0.973. The molecule has 0 radical (unpaired) electrons. The topological polar surface area (TPSA) is 78.3 Å². The molecule has 18 heavy (non-hydrogen) atoms. The standard InChI is InChI=1S/C13H14N2O3/c1-3-17-10-6-4-9(5-7-10)12-11(8(2)16)15-13(14)18-12/h4-7H,3H2,1-2H3,(H2,14,15). The average Bonchev–Trinajstić information content (AvgIpc) is 2.73. The molecule has 5 nitrogen and oxygen atoms in total. The first-order valence-electron chi connectivity index (χ1n) is 5.62. The van der Waals surface area contributed by atoms with E-state index in [1.807, 2.05) is 19.1 Å². The molecule has 1 aromatic heterocycles. The SMILES string of the molecule is CCOc1ccc(-c2oc(N)nc2C(C)=O)cc1. The maximum absolute atomic E-state index is 11.4. The molecule has 0 fully saturated rings. The average molecular weight is 246 g/mol. The highest BCUT2D eigenvalue weighted by molar-refractivity contribution is 5.98. The first kappa shape index (κ1) is 12.2. The molecular formula is C13H14N2O3. The van der Waals surface area contributed by atoms with Crippen LogP contribution in [0.4, 0.5) is 6.01 Å². The lowest BCUT2D eigenvalue weighted by atomic mass is 10.1. The Kier molecular flexibility index (Phi) is 3.32. The van der Waals surface area contributed by atoms with Crippen LogP contribution < -0.4 is 10.5 Å². The van der Waals surface area contributed by atoms with E-state index in [0.29, 0.717) is 12.4 Å². The minimum Gasteiger partial charge on any atom is -0.494 e. The molecular weight excluding hydrogens is 232 g/mol. The van der Waals surface area contributed by atoms with Crippen LogP contribution in [0.5, 0.6) is 5.75 Å². The lowest BCUT2D eigenvalue weighted by molar-refractivity contribution is 0.101. The van der Waals surface area contributed by atoms with Gasteiger partial charge in [0.15, 0.2) is 17.2 Å². The van der Waals surface area contributed by atoms with Crippen molar-refractivity contribution in [2.75, 3.05) is 12.3 Å². The van der Waals surface area contributed by atoms with E-state index < -0.39 is 0 Å². The summed E-state index contributed by atoms with van der Waals surface area (Å²) >= 11 is 0. The van der Waals surface area contributed by atoms with E-state index in [9.17, 15) is 4.79 Å². The first-order valence-corrected chi connectivity index (χ1v) is 5.62. The van der Waals surface area contributed by atoms with Gasteiger partial charge in [0.05, 0.1) is 6.61 Å². The predicted octanol–water partition coefficient (Wildman–Crippen LogP) is 2.53. The number of rotatable bonds is 4. The maximum atomic E-state index is 11.4. The summed E-state index contributed by atoms with van der Waals surface area (Å²) in [6, 6.07) is 7.21. The van der Waals surface area contributed by atoms with Crippen LogP contribution in [-0.4, -0.2) is 17.4 Å². The molecule has 0 saturated heterocycles. The quantitative estimate of drug-likeness (QED) is 0.838. The Labute approximate surface area is 105 Å². The van der Waals surface area contributed by atoms with E-state index in [1.165, 1.54) is 6.92 Å². The van der Waals surface area contributed by atoms with Gasteiger partial charge in [-0.1, -0.05) is 0 Å². The van der Waals surface area contributed by atoms with Crippen molar-refractivity contribution in [1.29, 1.82) is 0 Å². The molecule has 1 heterocycles. The molecule has 0 bridgehead atoms. The highest BCUT2D eigenvalue weighted by atomic mass is 16.5. The van der Waals surface area contributed by atoms with Crippen LogP contribution in [0, 0.1) is 0 Å². The summed E-state index contributed by atoms with van der Waals surface area (Å²) in [5.41, 5.74) is 6.47. The van der Waals surface area contributed by atoms with Gasteiger partial charge in [-0.25, -0.2) is 0 Å². The Morgan fingerprint density at radius 3 is 2.61 bits per heavy atom. The second-order valence-electron chi connectivity index (χ2n) is 3.74. The summed E-state index contributed by atoms with van der Waals surface area (Å²) in [5, 5.41) is 0. The number of ether oxygens (including phenoxy) is 1. The van der Waals surface area contributed by atoms with Crippen molar-refractivity contribution in [2.45, 2.75) is 13.8 Å². The van der Waals surface area contributed by atoms with Crippen molar-refractivity contribution in [2.24, 2.45) is 0 Å². The third kappa shape index (κ3) is 2.34. The van der Waals surface area contributed by atoms with Crippen LogP contribution in [0.25, 0.3) is 11.3 Å². The fourth-order valence-corrected chi connectivity index (χ4v) is 1.64. The number of benzene rings is 1.